The number of aryl methyl sites for hydroxylation is 1. The van der Waals surface area contributed by atoms with Gasteiger partial charge in [-0.05, 0) is 32.0 Å². The van der Waals surface area contributed by atoms with E-state index >= 15 is 0 Å². The standard InChI is InChI=1S/C15H25NO/c1-3-4-5-6-11-16-12-13-17-15-9-7-14(2)8-10-15/h7-10,16H,3-6,11-13H2,1-2H3. The lowest BCUT2D eigenvalue weighted by molar-refractivity contribution is 0.313. The minimum atomic E-state index is 0.747. The number of hydrogen-bond donors (Lipinski definition) is 1. The van der Waals surface area contributed by atoms with Crippen LogP contribution in [0.3, 0.4) is 0 Å². The third-order valence-corrected chi connectivity index (χ3v) is 2.78. The average molecular weight is 235 g/mol. The van der Waals surface area contributed by atoms with Crippen LogP contribution < -0.4 is 10.1 Å². The number of ether oxygens (including phenoxy) is 1. The predicted octanol–water partition coefficient (Wildman–Crippen LogP) is 3.54. The van der Waals surface area contributed by atoms with Gasteiger partial charge in [-0.15, -0.1) is 0 Å². The van der Waals surface area contributed by atoms with E-state index in [1.165, 1.54) is 31.2 Å². The molecule has 0 fully saturated rings. The highest BCUT2D eigenvalue weighted by molar-refractivity contribution is 5.26. The minimum absolute atomic E-state index is 0.747. The SMILES string of the molecule is CCCCCCNCCOc1ccc(C)cc1. The molecule has 1 aromatic carbocycles. The molecule has 1 N–H and O–H groups in total. The molecule has 96 valence electrons. The smallest absolute Gasteiger partial charge is 0.119 e. The molecule has 0 amide bonds. The summed E-state index contributed by atoms with van der Waals surface area (Å²) in [5.74, 6) is 0.961. The van der Waals surface area contributed by atoms with Gasteiger partial charge >= 0.3 is 0 Å². The summed E-state index contributed by atoms with van der Waals surface area (Å²) in [7, 11) is 0. The largest absolute Gasteiger partial charge is 0.492 e. The van der Waals surface area contributed by atoms with Gasteiger partial charge in [0, 0.05) is 6.54 Å². The van der Waals surface area contributed by atoms with Gasteiger partial charge in [0.25, 0.3) is 0 Å². The van der Waals surface area contributed by atoms with Crippen molar-refractivity contribution in [1.29, 1.82) is 0 Å². The van der Waals surface area contributed by atoms with Crippen LogP contribution in [0.4, 0.5) is 0 Å². The number of hydrogen-bond acceptors (Lipinski definition) is 2. The summed E-state index contributed by atoms with van der Waals surface area (Å²) in [5.41, 5.74) is 1.27. The van der Waals surface area contributed by atoms with Crippen molar-refractivity contribution in [3.63, 3.8) is 0 Å². The zero-order valence-corrected chi connectivity index (χ0v) is 11.2. The molecule has 0 aliphatic heterocycles. The van der Waals surface area contributed by atoms with E-state index in [1.54, 1.807) is 0 Å². The summed E-state index contributed by atoms with van der Waals surface area (Å²) in [6.45, 7) is 7.11. The molecule has 0 unspecified atom stereocenters. The Morgan fingerprint density at radius 2 is 1.76 bits per heavy atom. The lowest BCUT2D eigenvalue weighted by atomic mass is 10.2. The molecule has 0 saturated heterocycles. The molecule has 2 heteroatoms. The second-order valence-electron chi connectivity index (χ2n) is 4.47. The minimum Gasteiger partial charge on any atom is -0.492 e. The zero-order chi connectivity index (χ0) is 12.3. The summed E-state index contributed by atoms with van der Waals surface area (Å²) in [6.07, 6.45) is 5.26. The topological polar surface area (TPSA) is 21.3 Å². The molecular weight excluding hydrogens is 210 g/mol. The molecule has 0 aliphatic carbocycles. The van der Waals surface area contributed by atoms with Gasteiger partial charge in [0.15, 0.2) is 0 Å². The van der Waals surface area contributed by atoms with Crippen molar-refractivity contribution in [3.8, 4) is 5.75 Å². The van der Waals surface area contributed by atoms with E-state index in [1.807, 2.05) is 12.1 Å². The summed E-state index contributed by atoms with van der Waals surface area (Å²) >= 11 is 0. The van der Waals surface area contributed by atoms with Crippen molar-refractivity contribution < 1.29 is 4.74 Å². The Kier molecular flexibility index (Phi) is 7.48. The van der Waals surface area contributed by atoms with Crippen LogP contribution in [0.5, 0.6) is 5.75 Å². The number of nitrogens with one attached hydrogen (secondary N) is 1. The van der Waals surface area contributed by atoms with E-state index in [0.717, 1.165) is 25.4 Å². The van der Waals surface area contributed by atoms with Crippen molar-refractivity contribution in [2.24, 2.45) is 0 Å². The molecule has 0 aliphatic rings. The van der Waals surface area contributed by atoms with E-state index in [-0.39, 0.29) is 0 Å². The maximum atomic E-state index is 5.63. The average Bonchev–Trinajstić information content (AvgIpc) is 2.35. The van der Waals surface area contributed by atoms with Gasteiger partial charge in [-0.3, -0.25) is 0 Å². The van der Waals surface area contributed by atoms with E-state index in [4.69, 9.17) is 4.74 Å². The van der Waals surface area contributed by atoms with Gasteiger partial charge in [0.2, 0.25) is 0 Å². The molecule has 0 heterocycles. The van der Waals surface area contributed by atoms with Crippen LogP contribution in [0.1, 0.15) is 38.2 Å². The molecule has 17 heavy (non-hydrogen) atoms. The quantitative estimate of drug-likeness (QED) is 0.661. The Hall–Kier alpha value is -1.02. The highest BCUT2D eigenvalue weighted by Crippen LogP contribution is 2.10. The molecule has 0 radical (unpaired) electrons. The molecule has 1 rings (SSSR count). The van der Waals surface area contributed by atoms with Gasteiger partial charge in [-0.1, -0.05) is 43.9 Å². The van der Waals surface area contributed by atoms with Crippen LogP contribution in [-0.2, 0) is 0 Å². The maximum absolute atomic E-state index is 5.63. The van der Waals surface area contributed by atoms with Crippen molar-refractivity contribution >= 4 is 0 Å². The van der Waals surface area contributed by atoms with Crippen LogP contribution in [0.15, 0.2) is 24.3 Å². The van der Waals surface area contributed by atoms with Crippen molar-refractivity contribution in [2.75, 3.05) is 19.7 Å². The third-order valence-electron chi connectivity index (χ3n) is 2.78. The van der Waals surface area contributed by atoms with Crippen molar-refractivity contribution in [3.05, 3.63) is 29.8 Å². The zero-order valence-electron chi connectivity index (χ0n) is 11.2. The molecule has 0 saturated carbocycles. The molecule has 0 atom stereocenters. The highest BCUT2D eigenvalue weighted by atomic mass is 16.5. The Balaban J connectivity index is 1.95. The fourth-order valence-electron chi connectivity index (χ4n) is 1.68. The normalized spacial score (nSPS) is 10.5. The van der Waals surface area contributed by atoms with Crippen LogP contribution >= 0.6 is 0 Å². The Labute approximate surface area is 105 Å². The Bertz CT molecular complexity index is 281. The van der Waals surface area contributed by atoms with E-state index in [2.05, 4.69) is 31.3 Å². The van der Waals surface area contributed by atoms with Crippen LogP contribution in [-0.4, -0.2) is 19.7 Å². The molecule has 0 aromatic heterocycles. The summed E-state index contributed by atoms with van der Waals surface area (Å²) in [4.78, 5) is 0. The number of benzene rings is 1. The van der Waals surface area contributed by atoms with Gasteiger partial charge < -0.3 is 10.1 Å². The molecular formula is C15H25NO. The van der Waals surface area contributed by atoms with Crippen LogP contribution in [0.25, 0.3) is 0 Å². The van der Waals surface area contributed by atoms with Crippen LogP contribution in [0.2, 0.25) is 0 Å². The monoisotopic (exact) mass is 235 g/mol. The molecule has 0 spiro atoms. The fourth-order valence-corrected chi connectivity index (χ4v) is 1.68. The van der Waals surface area contributed by atoms with Crippen LogP contribution in [0, 0.1) is 6.92 Å². The van der Waals surface area contributed by atoms with Gasteiger partial charge in [-0.25, -0.2) is 0 Å². The third kappa shape index (κ3) is 7.01. The predicted molar refractivity (Wildman–Crippen MR) is 73.7 cm³/mol. The van der Waals surface area contributed by atoms with Crippen molar-refractivity contribution in [1.82, 2.24) is 5.32 Å². The molecule has 1 aromatic rings. The van der Waals surface area contributed by atoms with Gasteiger partial charge in [0.05, 0.1) is 0 Å². The van der Waals surface area contributed by atoms with Gasteiger partial charge in [0.1, 0.15) is 12.4 Å². The highest BCUT2D eigenvalue weighted by Gasteiger charge is 1.93. The first-order valence-corrected chi connectivity index (χ1v) is 6.73. The van der Waals surface area contributed by atoms with E-state index in [0.29, 0.717) is 0 Å². The number of unbranched alkanes of at least 4 members (excludes halogenated alkanes) is 3. The summed E-state index contributed by atoms with van der Waals surface area (Å²) < 4.78 is 5.63. The molecule has 0 bridgehead atoms. The Morgan fingerprint density at radius 1 is 1.00 bits per heavy atom. The van der Waals surface area contributed by atoms with Gasteiger partial charge in [-0.2, -0.15) is 0 Å². The maximum Gasteiger partial charge on any atom is 0.119 e. The Morgan fingerprint density at radius 3 is 2.47 bits per heavy atom. The lowest BCUT2D eigenvalue weighted by Gasteiger charge is -2.07. The van der Waals surface area contributed by atoms with E-state index in [9.17, 15) is 0 Å². The first-order valence-electron chi connectivity index (χ1n) is 6.73. The lowest BCUT2D eigenvalue weighted by Crippen LogP contribution is -2.22. The first-order chi connectivity index (χ1) is 8.33. The van der Waals surface area contributed by atoms with E-state index < -0.39 is 0 Å². The second kappa shape index (κ2) is 9.06. The second-order valence-corrected chi connectivity index (χ2v) is 4.47. The summed E-state index contributed by atoms with van der Waals surface area (Å²) in [6, 6.07) is 8.20. The summed E-state index contributed by atoms with van der Waals surface area (Å²) in [5, 5.41) is 3.40. The van der Waals surface area contributed by atoms with Crippen molar-refractivity contribution in [2.45, 2.75) is 39.5 Å². The number of rotatable bonds is 9. The fraction of sp³-hybridized carbons (Fsp3) is 0.600. The molecule has 2 nitrogen and oxygen atoms in total. The first kappa shape index (κ1) is 14.0.